The molecule has 0 atom stereocenters. The summed E-state index contributed by atoms with van der Waals surface area (Å²) in [6, 6.07) is 11.8. The van der Waals surface area contributed by atoms with E-state index in [1.54, 1.807) is 36.4 Å². The van der Waals surface area contributed by atoms with Crippen LogP contribution < -0.4 is 19.7 Å². The van der Waals surface area contributed by atoms with Crippen molar-refractivity contribution in [1.82, 2.24) is 10.2 Å². The highest BCUT2D eigenvalue weighted by molar-refractivity contribution is 7.80. The maximum Gasteiger partial charge on any atom is 0.296 e. The number of anilines is 1. The Kier molecular flexibility index (Phi) is 7.47. The Balaban J connectivity index is 1.60. The molecule has 0 aromatic heterocycles. The van der Waals surface area contributed by atoms with E-state index in [-0.39, 0.29) is 17.7 Å². The number of ether oxygens (including phenoxy) is 2. The SMILES string of the molecule is COc1ccc(N2CCN(C(=S)NC(=O)c3cccc(OC(C)C)c3)CC2)c([N+](=O)[O-])c1. The van der Waals surface area contributed by atoms with E-state index in [9.17, 15) is 14.9 Å². The molecule has 0 bridgehead atoms. The molecule has 0 saturated carbocycles. The van der Waals surface area contributed by atoms with E-state index in [0.717, 1.165) is 0 Å². The van der Waals surface area contributed by atoms with Crippen molar-refractivity contribution in [2.75, 3.05) is 38.2 Å². The Morgan fingerprint density at radius 3 is 2.47 bits per heavy atom. The van der Waals surface area contributed by atoms with Gasteiger partial charge >= 0.3 is 0 Å². The maximum atomic E-state index is 12.6. The summed E-state index contributed by atoms with van der Waals surface area (Å²) in [6.45, 7) is 5.95. The number of amides is 1. The first-order chi connectivity index (χ1) is 15.3. The van der Waals surface area contributed by atoms with Crippen LogP contribution in [-0.4, -0.2) is 60.2 Å². The first-order valence-electron chi connectivity index (χ1n) is 10.2. The molecule has 170 valence electrons. The van der Waals surface area contributed by atoms with Gasteiger partial charge in [-0.15, -0.1) is 0 Å². The summed E-state index contributed by atoms with van der Waals surface area (Å²) in [7, 11) is 1.47. The van der Waals surface area contributed by atoms with Crippen LogP contribution in [0.2, 0.25) is 0 Å². The van der Waals surface area contributed by atoms with Gasteiger partial charge in [-0.25, -0.2) is 0 Å². The van der Waals surface area contributed by atoms with E-state index in [4.69, 9.17) is 21.7 Å². The van der Waals surface area contributed by atoms with E-state index < -0.39 is 4.92 Å². The molecule has 1 heterocycles. The highest BCUT2D eigenvalue weighted by Crippen LogP contribution is 2.32. The average Bonchev–Trinajstić information content (AvgIpc) is 2.78. The standard InChI is InChI=1S/C22H26N4O5S/c1-15(2)31-18-6-4-5-16(13-18)21(27)23-22(32)25-11-9-24(10-12-25)19-8-7-17(30-3)14-20(19)26(28)29/h4-8,13-15H,9-12H2,1-3H3,(H,23,27,32). The quantitative estimate of drug-likeness (QED) is 0.400. The number of nitro benzene ring substituents is 1. The van der Waals surface area contributed by atoms with E-state index in [1.807, 2.05) is 23.6 Å². The second-order valence-corrected chi connectivity index (χ2v) is 7.93. The highest BCUT2D eigenvalue weighted by atomic mass is 32.1. The molecule has 1 amide bonds. The minimum Gasteiger partial charge on any atom is -0.496 e. The number of carbonyl (C=O) groups excluding carboxylic acids is 1. The van der Waals surface area contributed by atoms with Crippen LogP contribution in [0.4, 0.5) is 11.4 Å². The summed E-state index contributed by atoms with van der Waals surface area (Å²) in [5.74, 6) is 0.747. The summed E-state index contributed by atoms with van der Waals surface area (Å²) in [4.78, 5) is 27.5. The van der Waals surface area contributed by atoms with Gasteiger partial charge in [0.05, 0.1) is 24.2 Å². The molecule has 1 fully saturated rings. The van der Waals surface area contributed by atoms with E-state index in [0.29, 0.717) is 54.0 Å². The zero-order chi connectivity index (χ0) is 23.3. The third kappa shape index (κ3) is 5.64. The van der Waals surface area contributed by atoms with Crippen LogP contribution in [0.1, 0.15) is 24.2 Å². The van der Waals surface area contributed by atoms with Gasteiger partial charge in [0.25, 0.3) is 11.6 Å². The van der Waals surface area contributed by atoms with Crippen LogP contribution in [0.15, 0.2) is 42.5 Å². The number of carbonyl (C=O) groups is 1. The molecule has 32 heavy (non-hydrogen) atoms. The summed E-state index contributed by atoms with van der Waals surface area (Å²) in [6.07, 6.45) is 0.00668. The molecule has 0 radical (unpaired) electrons. The van der Waals surface area contributed by atoms with Crippen LogP contribution in [0.25, 0.3) is 0 Å². The second-order valence-electron chi connectivity index (χ2n) is 7.54. The summed E-state index contributed by atoms with van der Waals surface area (Å²) in [5, 5.41) is 14.6. The van der Waals surface area contributed by atoms with Crippen molar-refractivity contribution < 1.29 is 19.2 Å². The molecule has 9 nitrogen and oxygen atoms in total. The van der Waals surface area contributed by atoms with E-state index in [2.05, 4.69) is 5.32 Å². The average molecular weight is 459 g/mol. The summed E-state index contributed by atoms with van der Waals surface area (Å²) < 4.78 is 10.7. The Hall–Kier alpha value is -3.40. The molecule has 1 N–H and O–H groups in total. The van der Waals surface area contributed by atoms with Gasteiger partial charge in [-0.05, 0) is 56.4 Å². The summed E-state index contributed by atoms with van der Waals surface area (Å²) >= 11 is 5.43. The number of piperazine rings is 1. The van der Waals surface area contributed by atoms with Crippen LogP contribution in [0.5, 0.6) is 11.5 Å². The minimum atomic E-state index is -0.411. The molecule has 10 heteroatoms. The van der Waals surface area contributed by atoms with E-state index >= 15 is 0 Å². The first kappa shape index (κ1) is 23.3. The molecule has 1 aliphatic rings. The van der Waals surface area contributed by atoms with Crippen molar-refractivity contribution in [2.24, 2.45) is 0 Å². The first-order valence-corrected chi connectivity index (χ1v) is 10.6. The second kappa shape index (κ2) is 10.3. The van der Waals surface area contributed by atoms with Gasteiger partial charge in [0.15, 0.2) is 5.11 Å². The molecule has 3 rings (SSSR count). The monoisotopic (exact) mass is 458 g/mol. The lowest BCUT2D eigenvalue weighted by molar-refractivity contribution is -0.384. The van der Waals surface area contributed by atoms with Crippen LogP contribution in [-0.2, 0) is 0 Å². The fraction of sp³-hybridized carbons (Fsp3) is 0.364. The van der Waals surface area contributed by atoms with Crippen molar-refractivity contribution >= 4 is 34.6 Å². The highest BCUT2D eigenvalue weighted by Gasteiger charge is 2.26. The third-order valence-electron chi connectivity index (χ3n) is 4.98. The lowest BCUT2D eigenvalue weighted by Crippen LogP contribution is -2.52. The zero-order valence-corrected chi connectivity index (χ0v) is 19.1. The van der Waals surface area contributed by atoms with Gasteiger partial charge < -0.3 is 19.3 Å². The number of thiocarbonyl (C=S) groups is 1. The van der Waals surface area contributed by atoms with Gasteiger partial charge in [-0.3, -0.25) is 20.2 Å². The number of nitro groups is 1. The van der Waals surface area contributed by atoms with Crippen molar-refractivity contribution in [3.63, 3.8) is 0 Å². The van der Waals surface area contributed by atoms with Crippen LogP contribution >= 0.6 is 12.2 Å². The Labute approximate surface area is 192 Å². The number of nitrogens with one attached hydrogen (secondary N) is 1. The van der Waals surface area contributed by atoms with Crippen molar-refractivity contribution in [3.05, 3.63) is 58.1 Å². The minimum absolute atomic E-state index is 0.00261. The molecule has 0 spiro atoms. The number of benzene rings is 2. The van der Waals surface area contributed by atoms with Crippen molar-refractivity contribution in [2.45, 2.75) is 20.0 Å². The van der Waals surface area contributed by atoms with Gasteiger partial charge in [0.1, 0.15) is 17.2 Å². The lowest BCUT2D eigenvalue weighted by atomic mass is 10.2. The van der Waals surface area contributed by atoms with Crippen molar-refractivity contribution in [1.29, 1.82) is 0 Å². The topological polar surface area (TPSA) is 97.2 Å². The van der Waals surface area contributed by atoms with Crippen LogP contribution in [0, 0.1) is 10.1 Å². The van der Waals surface area contributed by atoms with E-state index in [1.165, 1.54) is 13.2 Å². The molecular weight excluding hydrogens is 432 g/mol. The Morgan fingerprint density at radius 2 is 1.84 bits per heavy atom. The molecule has 1 aliphatic heterocycles. The molecule has 0 unspecified atom stereocenters. The molecule has 1 saturated heterocycles. The van der Waals surface area contributed by atoms with Gasteiger partial charge in [-0.1, -0.05) is 6.07 Å². The summed E-state index contributed by atoms with van der Waals surface area (Å²) in [5.41, 5.74) is 0.988. The van der Waals surface area contributed by atoms with Crippen LogP contribution in [0.3, 0.4) is 0 Å². The number of hydrogen-bond donors (Lipinski definition) is 1. The third-order valence-corrected chi connectivity index (χ3v) is 5.34. The van der Waals surface area contributed by atoms with Gasteiger partial charge in [0, 0.05) is 31.7 Å². The van der Waals surface area contributed by atoms with Crippen molar-refractivity contribution in [3.8, 4) is 11.5 Å². The number of rotatable bonds is 6. The zero-order valence-electron chi connectivity index (χ0n) is 18.2. The Bertz CT molecular complexity index is 1010. The van der Waals surface area contributed by atoms with Gasteiger partial charge in [-0.2, -0.15) is 0 Å². The normalized spacial score (nSPS) is 13.6. The molecule has 2 aromatic rings. The smallest absolute Gasteiger partial charge is 0.296 e. The maximum absolute atomic E-state index is 12.6. The lowest BCUT2D eigenvalue weighted by Gasteiger charge is -2.37. The molecular formula is C22H26N4O5S. The Morgan fingerprint density at radius 1 is 1.12 bits per heavy atom. The fourth-order valence-electron chi connectivity index (χ4n) is 3.43. The largest absolute Gasteiger partial charge is 0.496 e. The predicted molar refractivity (Wildman–Crippen MR) is 126 cm³/mol. The molecule has 2 aromatic carbocycles. The van der Waals surface area contributed by atoms with Gasteiger partial charge in [0.2, 0.25) is 0 Å². The number of methoxy groups -OCH3 is 1. The number of hydrogen-bond acceptors (Lipinski definition) is 7. The predicted octanol–water partition coefficient (Wildman–Crippen LogP) is 3.23. The number of nitrogens with zero attached hydrogens (tertiary/aromatic N) is 3. The fourth-order valence-corrected chi connectivity index (χ4v) is 3.70. The molecule has 0 aliphatic carbocycles.